The Hall–Kier alpha value is -1.96. The Morgan fingerprint density at radius 3 is 2.75 bits per heavy atom. The van der Waals surface area contributed by atoms with Crippen LogP contribution in [0.2, 0.25) is 0 Å². The molecule has 0 saturated carbocycles. The Morgan fingerprint density at radius 1 is 1.40 bits per heavy atom. The lowest BCUT2D eigenvalue weighted by atomic mass is 9.97. The van der Waals surface area contributed by atoms with Gasteiger partial charge in [-0.15, -0.1) is 10.2 Å². The zero-order valence-corrected chi connectivity index (χ0v) is 12.2. The summed E-state index contributed by atoms with van der Waals surface area (Å²) in [6.45, 7) is 5.92. The van der Waals surface area contributed by atoms with Crippen molar-refractivity contribution in [2.45, 2.75) is 37.0 Å². The minimum Gasteiger partial charge on any atom is -0.424 e. The van der Waals surface area contributed by atoms with Crippen LogP contribution in [-0.2, 0) is 11.2 Å². The van der Waals surface area contributed by atoms with Crippen LogP contribution in [0.5, 0.6) is 0 Å². The lowest BCUT2D eigenvalue weighted by Gasteiger charge is -2.10. The highest BCUT2D eigenvalue weighted by molar-refractivity contribution is 7.98. The predicted octanol–water partition coefficient (Wildman–Crippen LogP) is 2.96. The van der Waals surface area contributed by atoms with Gasteiger partial charge < -0.3 is 4.42 Å². The SMILES string of the molecule is CC(C)(C)c1nnc(CSc2ncccc2[N+](=O)[O-])o1. The van der Waals surface area contributed by atoms with Crippen molar-refractivity contribution < 1.29 is 9.34 Å². The van der Waals surface area contributed by atoms with E-state index in [9.17, 15) is 10.1 Å². The van der Waals surface area contributed by atoms with Gasteiger partial charge in [-0.3, -0.25) is 10.1 Å². The highest BCUT2D eigenvalue weighted by Crippen LogP contribution is 2.29. The molecule has 0 saturated heterocycles. The van der Waals surface area contributed by atoms with E-state index in [1.165, 1.54) is 30.1 Å². The van der Waals surface area contributed by atoms with E-state index in [1.54, 1.807) is 0 Å². The molecule has 0 N–H and O–H groups in total. The normalized spacial score (nSPS) is 11.6. The fourth-order valence-electron chi connectivity index (χ4n) is 1.38. The van der Waals surface area contributed by atoms with Crippen LogP contribution in [-0.4, -0.2) is 20.1 Å². The van der Waals surface area contributed by atoms with Crippen molar-refractivity contribution in [3.8, 4) is 0 Å². The molecule has 106 valence electrons. The molecule has 0 bridgehead atoms. The summed E-state index contributed by atoms with van der Waals surface area (Å²) in [5.74, 6) is 1.32. The van der Waals surface area contributed by atoms with Crippen molar-refractivity contribution in [3.05, 3.63) is 40.2 Å². The molecule has 8 heteroatoms. The molecule has 0 aliphatic rings. The van der Waals surface area contributed by atoms with Gasteiger partial charge in [0.1, 0.15) is 0 Å². The van der Waals surface area contributed by atoms with Crippen LogP contribution in [0.25, 0.3) is 0 Å². The van der Waals surface area contributed by atoms with Crippen molar-refractivity contribution in [1.29, 1.82) is 0 Å². The monoisotopic (exact) mass is 294 g/mol. The molecule has 0 aliphatic carbocycles. The standard InChI is InChI=1S/C12H14N4O3S/c1-12(2,3)11-15-14-9(19-11)7-20-10-8(16(17)18)5-4-6-13-10/h4-6H,7H2,1-3H3. The van der Waals surface area contributed by atoms with Gasteiger partial charge in [-0.2, -0.15) is 0 Å². The minimum atomic E-state index is -0.455. The van der Waals surface area contributed by atoms with Gasteiger partial charge in [0.15, 0.2) is 5.03 Å². The van der Waals surface area contributed by atoms with Crippen molar-refractivity contribution >= 4 is 17.4 Å². The summed E-state index contributed by atoms with van der Waals surface area (Å²) in [7, 11) is 0. The van der Waals surface area contributed by atoms with Gasteiger partial charge in [-0.25, -0.2) is 4.98 Å². The number of hydrogen-bond acceptors (Lipinski definition) is 7. The van der Waals surface area contributed by atoms with Crippen LogP contribution in [0.1, 0.15) is 32.6 Å². The summed E-state index contributed by atoms with van der Waals surface area (Å²) in [4.78, 5) is 14.4. The molecule has 2 heterocycles. The predicted molar refractivity (Wildman–Crippen MR) is 73.5 cm³/mol. The second-order valence-electron chi connectivity index (χ2n) is 5.12. The third kappa shape index (κ3) is 3.32. The molecule has 7 nitrogen and oxygen atoms in total. The van der Waals surface area contributed by atoms with E-state index in [-0.39, 0.29) is 11.1 Å². The van der Waals surface area contributed by atoms with Crippen molar-refractivity contribution in [3.63, 3.8) is 0 Å². The lowest BCUT2D eigenvalue weighted by Crippen LogP contribution is -2.11. The maximum atomic E-state index is 10.9. The first kappa shape index (κ1) is 14.4. The molecular formula is C12H14N4O3S. The van der Waals surface area contributed by atoms with Crippen molar-refractivity contribution in [2.24, 2.45) is 0 Å². The first-order chi connectivity index (χ1) is 9.38. The number of aromatic nitrogens is 3. The van der Waals surface area contributed by atoms with Crippen LogP contribution in [0.15, 0.2) is 27.8 Å². The summed E-state index contributed by atoms with van der Waals surface area (Å²) < 4.78 is 5.53. The second kappa shape index (κ2) is 5.58. The minimum absolute atomic E-state index is 0.0203. The van der Waals surface area contributed by atoms with Crippen molar-refractivity contribution in [2.75, 3.05) is 0 Å². The molecule has 2 aromatic rings. The van der Waals surface area contributed by atoms with Crippen LogP contribution in [0.4, 0.5) is 5.69 Å². The summed E-state index contributed by atoms with van der Waals surface area (Å²) >= 11 is 1.20. The number of rotatable bonds is 4. The van der Waals surface area contributed by atoms with Gasteiger partial charge >= 0.3 is 5.69 Å². The van der Waals surface area contributed by atoms with Crippen LogP contribution in [0, 0.1) is 10.1 Å². The number of hydrogen-bond donors (Lipinski definition) is 0. The van der Waals surface area contributed by atoms with Gasteiger partial charge in [-0.05, 0) is 6.07 Å². The fraction of sp³-hybridized carbons (Fsp3) is 0.417. The molecule has 0 fully saturated rings. The maximum Gasteiger partial charge on any atom is 0.301 e. The van der Waals surface area contributed by atoms with Gasteiger partial charge in [-0.1, -0.05) is 32.5 Å². The molecule has 0 spiro atoms. The summed E-state index contributed by atoms with van der Waals surface area (Å²) in [5, 5.41) is 19.1. The molecule has 2 rings (SSSR count). The Labute approximate surface area is 120 Å². The molecule has 0 amide bonds. The Kier molecular flexibility index (Phi) is 4.03. The molecular weight excluding hydrogens is 280 g/mol. The average Bonchev–Trinajstić information content (AvgIpc) is 2.85. The number of nitrogens with zero attached hydrogens (tertiary/aromatic N) is 4. The van der Waals surface area contributed by atoms with Crippen LogP contribution >= 0.6 is 11.8 Å². The van der Waals surface area contributed by atoms with Gasteiger partial charge in [0.2, 0.25) is 11.8 Å². The van der Waals surface area contributed by atoms with Gasteiger partial charge in [0, 0.05) is 17.7 Å². The van der Waals surface area contributed by atoms with E-state index in [0.29, 0.717) is 22.6 Å². The van der Waals surface area contributed by atoms with Crippen molar-refractivity contribution in [1.82, 2.24) is 15.2 Å². The molecule has 0 radical (unpaired) electrons. The molecule has 0 aromatic carbocycles. The van der Waals surface area contributed by atoms with Gasteiger partial charge in [0.25, 0.3) is 0 Å². The Balaban J connectivity index is 2.10. The van der Waals surface area contributed by atoms with Gasteiger partial charge in [0.05, 0.1) is 10.7 Å². The molecule has 0 aliphatic heterocycles. The summed E-state index contributed by atoms with van der Waals surface area (Å²) in [6.07, 6.45) is 1.52. The van der Waals surface area contributed by atoms with E-state index in [4.69, 9.17) is 4.42 Å². The largest absolute Gasteiger partial charge is 0.424 e. The van der Waals surface area contributed by atoms with E-state index in [0.717, 1.165) is 0 Å². The van der Waals surface area contributed by atoms with Crippen LogP contribution < -0.4 is 0 Å². The van der Waals surface area contributed by atoms with Crippen LogP contribution in [0.3, 0.4) is 0 Å². The highest BCUT2D eigenvalue weighted by Gasteiger charge is 2.22. The topological polar surface area (TPSA) is 95.0 Å². The molecule has 20 heavy (non-hydrogen) atoms. The zero-order valence-electron chi connectivity index (χ0n) is 11.4. The smallest absolute Gasteiger partial charge is 0.301 e. The second-order valence-corrected chi connectivity index (χ2v) is 6.09. The average molecular weight is 294 g/mol. The first-order valence-electron chi connectivity index (χ1n) is 5.93. The third-order valence-corrected chi connectivity index (χ3v) is 3.37. The van der Waals surface area contributed by atoms with E-state index in [1.807, 2.05) is 20.8 Å². The third-order valence-electron chi connectivity index (χ3n) is 2.39. The molecule has 2 aromatic heterocycles. The van der Waals surface area contributed by atoms with E-state index < -0.39 is 4.92 Å². The Morgan fingerprint density at radius 2 is 2.15 bits per heavy atom. The molecule has 0 unspecified atom stereocenters. The van der Waals surface area contributed by atoms with E-state index >= 15 is 0 Å². The number of thioether (sulfide) groups is 1. The first-order valence-corrected chi connectivity index (χ1v) is 6.91. The molecule has 0 atom stereocenters. The maximum absolute atomic E-state index is 10.9. The zero-order chi connectivity index (χ0) is 14.8. The van der Waals surface area contributed by atoms with E-state index in [2.05, 4.69) is 15.2 Å². The highest BCUT2D eigenvalue weighted by atomic mass is 32.2. The summed E-state index contributed by atoms with van der Waals surface area (Å²) in [6, 6.07) is 2.95. The fourth-order valence-corrected chi connectivity index (χ4v) is 2.18. The quantitative estimate of drug-likeness (QED) is 0.486. The lowest BCUT2D eigenvalue weighted by molar-refractivity contribution is -0.388. The number of pyridine rings is 1. The Bertz CT molecular complexity index is 621. The number of nitro groups is 1. The summed E-state index contributed by atoms with van der Waals surface area (Å²) in [5.41, 5.74) is -0.236.